The predicted molar refractivity (Wildman–Crippen MR) is 78.7 cm³/mol. The first-order chi connectivity index (χ1) is 8.91. The summed E-state index contributed by atoms with van der Waals surface area (Å²) in [6.45, 7) is 11.9. The highest BCUT2D eigenvalue weighted by molar-refractivity contribution is 5.70. The Morgan fingerprint density at radius 1 is 1.10 bits per heavy atom. The SMILES string of the molecule is CC(C)(C)CCC(CCNC(=O)OC(C)(C)C)C(=O)O. The highest BCUT2D eigenvalue weighted by Gasteiger charge is 2.21. The van der Waals surface area contributed by atoms with Crippen LogP contribution in [0.1, 0.15) is 60.8 Å². The van der Waals surface area contributed by atoms with Crippen LogP contribution in [-0.2, 0) is 9.53 Å². The lowest BCUT2D eigenvalue weighted by Crippen LogP contribution is -2.34. The van der Waals surface area contributed by atoms with E-state index in [9.17, 15) is 14.7 Å². The molecule has 20 heavy (non-hydrogen) atoms. The summed E-state index contributed by atoms with van der Waals surface area (Å²) in [6, 6.07) is 0. The fourth-order valence-corrected chi connectivity index (χ4v) is 1.66. The molecule has 0 saturated carbocycles. The molecule has 1 amide bonds. The summed E-state index contributed by atoms with van der Waals surface area (Å²) >= 11 is 0. The third kappa shape index (κ3) is 10.6. The number of carboxylic acids is 1. The van der Waals surface area contributed by atoms with Crippen LogP contribution in [0.25, 0.3) is 0 Å². The molecule has 0 aliphatic carbocycles. The second-order valence-electron chi connectivity index (χ2n) is 7.35. The third-order valence-corrected chi connectivity index (χ3v) is 2.75. The van der Waals surface area contributed by atoms with E-state index < -0.39 is 23.6 Å². The molecule has 0 bridgehead atoms. The molecule has 5 nitrogen and oxygen atoms in total. The first-order valence-corrected chi connectivity index (χ1v) is 7.10. The molecule has 118 valence electrons. The average Bonchev–Trinajstić information content (AvgIpc) is 2.18. The summed E-state index contributed by atoms with van der Waals surface area (Å²) in [4.78, 5) is 22.6. The van der Waals surface area contributed by atoms with Crippen molar-refractivity contribution in [3.05, 3.63) is 0 Å². The van der Waals surface area contributed by atoms with E-state index in [1.807, 2.05) is 0 Å². The molecule has 2 N–H and O–H groups in total. The minimum Gasteiger partial charge on any atom is -0.481 e. The van der Waals surface area contributed by atoms with Crippen LogP contribution in [0.5, 0.6) is 0 Å². The standard InChI is InChI=1S/C15H29NO4/c1-14(2,3)9-7-11(12(17)18)8-10-16-13(19)20-15(4,5)6/h11H,7-10H2,1-6H3,(H,16,19)(H,17,18). The van der Waals surface area contributed by atoms with Crippen LogP contribution in [0.15, 0.2) is 0 Å². The number of rotatable bonds is 6. The van der Waals surface area contributed by atoms with Crippen molar-refractivity contribution in [2.75, 3.05) is 6.54 Å². The van der Waals surface area contributed by atoms with Gasteiger partial charge in [-0.25, -0.2) is 4.79 Å². The topological polar surface area (TPSA) is 75.6 Å². The maximum atomic E-state index is 11.4. The maximum absolute atomic E-state index is 11.4. The second-order valence-corrected chi connectivity index (χ2v) is 7.35. The predicted octanol–water partition coefficient (Wildman–Crippen LogP) is 3.43. The van der Waals surface area contributed by atoms with Gasteiger partial charge in [0.25, 0.3) is 0 Å². The van der Waals surface area contributed by atoms with Crippen LogP contribution in [0.4, 0.5) is 4.79 Å². The largest absolute Gasteiger partial charge is 0.481 e. The van der Waals surface area contributed by atoms with Crippen LogP contribution in [0.3, 0.4) is 0 Å². The molecule has 0 aliphatic heterocycles. The number of hydrogen-bond donors (Lipinski definition) is 2. The zero-order chi connectivity index (χ0) is 16.0. The lowest BCUT2D eigenvalue weighted by Gasteiger charge is -2.22. The first-order valence-electron chi connectivity index (χ1n) is 7.10. The number of ether oxygens (including phenoxy) is 1. The molecule has 0 aromatic carbocycles. The van der Waals surface area contributed by atoms with Gasteiger partial charge in [-0.15, -0.1) is 0 Å². The Kier molecular flexibility index (Phi) is 7.03. The Hall–Kier alpha value is -1.26. The van der Waals surface area contributed by atoms with Crippen LogP contribution in [0, 0.1) is 11.3 Å². The summed E-state index contributed by atoms with van der Waals surface area (Å²) in [7, 11) is 0. The Labute approximate surface area is 122 Å². The van der Waals surface area contributed by atoms with Crippen LogP contribution in [-0.4, -0.2) is 29.3 Å². The van der Waals surface area contributed by atoms with Gasteiger partial charge < -0.3 is 15.2 Å². The molecule has 1 atom stereocenters. The van der Waals surface area contributed by atoms with E-state index in [0.29, 0.717) is 19.4 Å². The highest BCUT2D eigenvalue weighted by Crippen LogP contribution is 2.25. The fourth-order valence-electron chi connectivity index (χ4n) is 1.66. The van der Waals surface area contributed by atoms with Gasteiger partial charge >= 0.3 is 12.1 Å². The molecule has 5 heteroatoms. The fraction of sp³-hybridized carbons (Fsp3) is 0.867. The molecular weight excluding hydrogens is 258 g/mol. The summed E-state index contributed by atoms with van der Waals surface area (Å²) in [5.74, 6) is -1.23. The molecule has 0 aromatic heterocycles. The molecule has 0 fully saturated rings. The van der Waals surface area contributed by atoms with Crippen molar-refractivity contribution in [3.8, 4) is 0 Å². The van der Waals surface area contributed by atoms with Gasteiger partial charge in [-0.05, 0) is 45.4 Å². The van der Waals surface area contributed by atoms with Gasteiger partial charge in [-0.2, -0.15) is 0 Å². The van der Waals surface area contributed by atoms with Gasteiger partial charge in [-0.3, -0.25) is 4.79 Å². The van der Waals surface area contributed by atoms with E-state index in [1.54, 1.807) is 20.8 Å². The number of alkyl carbamates (subject to hydrolysis) is 1. The average molecular weight is 287 g/mol. The maximum Gasteiger partial charge on any atom is 0.407 e. The lowest BCUT2D eigenvalue weighted by atomic mass is 9.86. The van der Waals surface area contributed by atoms with E-state index >= 15 is 0 Å². The molecule has 0 aromatic rings. The number of amides is 1. The van der Waals surface area contributed by atoms with Gasteiger partial charge in [0.2, 0.25) is 0 Å². The lowest BCUT2D eigenvalue weighted by molar-refractivity contribution is -0.142. The third-order valence-electron chi connectivity index (χ3n) is 2.75. The van der Waals surface area contributed by atoms with E-state index in [0.717, 1.165) is 6.42 Å². The molecule has 0 radical (unpaired) electrons. The summed E-state index contributed by atoms with van der Waals surface area (Å²) < 4.78 is 5.10. The molecule has 0 heterocycles. The number of aliphatic carboxylic acids is 1. The smallest absolute Gasteiger partial charge is 0.407 e. The second kappa shape index (κ2) is 7.50. The van der Waals surface area contributed by atoms with Crippen molar-refractivity contribution in [2.24, 2.45) is 11.3 Å². The molecule has 0 aliphatic rings. The van der Waals surface area contributed by atoms with Crippen molar-refractivity contribution < 1.29 is 19.4 Å². The van der Waals surface area contributed by atoms with E-state index in [-0.39, 0.29) is 5.41 Å². The van der Waals surface area contributed by atoms with Crippen LogP contribution < -0.4 is 5.32 Å². The zero-order valence-corrected chi connectivity index (χ0v) is 13.6. The van der Waals surface area contributed by atoms with E-state index in [4.69, 9.17) is 4.74 Å². The number of carbonyl (C=O) groups excluding carboxylic acids is 1. The van der Waals surface area contributed by atoms with Crippen molar-refractivity contribution in [2.45, 2.75) is 66.4 Å². The monoisotopic (exact) mass is 287 g/mol. The van der Waals surface area contributed by atoms with Crippen molar-refractivity contribution in [1.29, 1.82) is 0 Å². The highest BCUT2D eigenvalue weighted by atomic mass is 16.6. The quantitative estimate of drug-likeness (QED) is 0.784. The number of hydrogen-bond acceptors (Lipinski definition) is 3. The summed E-state index contributed by atoms with van der Waals surface area (Å²) in [6.07, 6.45) is 1.38. The Balaban J connectivity index is 4.10. The van der Waals surface area contributed by atoms with Gasteiger partial charge in [-0.1, -0.05) is 20.8 Å². The van der Waals surface area contributed by atoms with Crippen molar-refractivity contribution >= 4 is 12.1 Å². The number of nitrogens with one attached hydrogen (secondary N) is 1. The zero-order valence-electron chi connectivity index (χ0n) is 13.6. The van der Waals surface area contributed by atoms with Gasteiger partial charge in [0, 0.05) is 6.54 Å². The Morgan fingerprint density at radius 3 is 2.05 bits per heavy atom. The molecule has 0 spiro atoms. The Bertz CT molecular complexity index is 326. The molecule has 0 rings (SSSR count). The summed E-state index contributed by atoms with van der Waals surface area (Å²) in [5, 5.41) is 11.8. The molecule has 1 unspecified atom stereocenters. The van der Waals surface area contributed by atoms with Gasteiger partial charge in [0.15, 0.2) is 0 Å². The molecule has 0 saturated heterocycles. The normalized spacial score (nSPS) is 13.7. The van der Waals surface area contributed by atoms with E-state index in [1.165, 1.54) is 0 Å². The minimum atomic E-state index is -0.805. The minimum absolute atomic E-state index is 0.117. The molecular formula is C15H29NO4. The number of carboxylic acid groups (broad SMARTS) is 1. The Morgan fingerprint density at radius 2 is 1.65 bits per heavy atom. The van der Waals surface area contributed by atoms with Crippen LogP contribution in [0.2, 0.25) is 0 Å². The van der Waals surface area contributed by atoms with Gasteiger partial charge in [0.05, 0.1) is 5.92 Å². The van der Waals surface area contributed by atoms with Crippen molar-refractivity contribution in [3.63, 3.8) is 0 Å². The van der Waals surface area contributed by atoms with E-state index in [2.05, 4.69) is 26.1 Å². The summed E-state index contributed by atoms with van der Waals surface area (Å²) in [5.41, 5.74) is -0.422. The van der Waals surface area contributed by atoms with Gasteiger partial charge in [0.1, 0.15) is 5.60 Å². The number of carbonyl (C=O) groups is 2. The first kappa shape index (κ1) is 18.7. The van der Waals surface area contributed by atoms with Crippen molar-refractivity contribution in [1.82, 2.24) is 5.32 Å². The van der Waals surface area contributed by atoms with Crippen LogP contribution >= 0.6 is 0 Å².